The summed E-state index contributed by atoms with van der Waals surface area (Å²) >= 11 is 0. The molecule has 1 aromatic carbocycles. The first-order valence-electron chi connectivity index (χ1n) is 12.6. The Kier molecular flexibility index (Phi) is 8.02. The second kappa shape index (κ2) is 11.1. The van der Waals surface area contributed by atoms with Gasteiger partial charge in [-0.15, -0.1) is 0 Å². The predicted molar refractivity (Wildman–Crippen MR) is 133 cm³/mol. The topological polar surface area (TPSA) is 45.7 Å². The van der Waals surface area contributed by atoms with E-state index in [1.807, 2.05) is 12.1 Å². The molecule has 0 atom stereocenters. The third kappa shape index (κ3) is 6.35. The van der Waals surface area contributed by atoms with Crippen LogP contribution in [0.25, 0.3) is 0 Å². The second-order valence-electron chi connectivity index (χ2n) is 9.80. The van der Waals surface area contributed by atoms with Gasteiger partial charge in [0.2, 0.25) is 5.91 Å². The third-order valence-electron chi connectivity index (χ3n) is 7.48. The van der Waals surface area contributed by atoms with Crippen LogP contribution in [0.1, 0.15) is 67.5 Å². The summed E-state index contributed by atoms with van der Waals surface area (Å²) in [4.78, 5) is 22.4. The molecule has 178 valence electrons. The third-order valence-corrected chi connectivity index (χ3v) is 7.48. The normalized spacial score (nSPS) is 18.5. The zero-order valence-corrected chi connectivity index (χ0v) is 20.6. The monoisotopic (exact) mass is 449 g/mol. The molecule has 1 aromatic heterocycles. The standard InChI is InChI=1S/C28H39N3O2/c1-4-30-13-9-23(10-14-30)20-28(32)31-15-11-25(12-16-31)27-19-24(17-21(2)29-27)18-22-5-7-26(33-3)8-6-22/h5-8,17,19,23,25H,4,9-16,18,20H2,1-3H3. The number of methoxy groups -OCH3 is 1. The van der Waals surface area contributed by atoms with Gasteiger partial charge in [0, 0.05) is 36.8 Å². The lowest BCUT2D eigenvalue weighted by molar-refractivity contribution is -0.133. The van der Waals surface area contributed by atoms with E-state index in [9.17, 15) is 4.79 Å². The molecule has 5 nitrogen and oxygen atoms in total. The number of carbonyl (C=O) groups is 1. The van der Waals surface area contributed by atoms with E-state index in [1.54, 1.807) is 7.11 Å². The molecule has 0 unspecified atom stereocenters. The highest BCUT2D eigenvalue weighted by molar-refractivity contribution is 5.76. The molecule has 0 bridgehead atoms. The van der Waals surface area contributed by atoms with E-state index < -0.39 is 0 Å². The molecular formula is C28H39N3O2. The molecule has 2 aliphatic heterocycles. The minimum atomic E-state index is 0.362. The number of aromatic nitrogens is 1. The van der Waals surface area contributed by atoms with Gasteiger partial charge in [0.05, 0.1) is 7.11 Å². The van der Waals surface area contributed by atoms with Crippen LogP contribution in [0.5, 0.6) is 5.75 Å². The Bertz CT molecular complexity index is 911. The van der Waals surface area contributed by atoms with E-state index in [0.717, 1.165) is 69.9 Å². The molecule has 3 heterocycles. The van der Waals surface area contributed by atoms with Gasteiger partial charge in [-0.3, -0.25) is 9.78 Å². The molecule has 0 radical (unpaired) electrons. The molecule has 0 aliphatic carbocycles. The number of aryl methyl sites for hydroxylation is 1. The van der Waals surface area contributed by atoms with E-state index >= 15 is 0 Å². The molecule has 2 aliphatic rings. The number of benzene rings is 1. The fraction of sp³-hybridized carbons (Fsp3) is 0.571. The van der Waals surface area contributed by atoms with E-state index in [0.29, 0.717) is 17.7 Å². The zero-order valence-electron chi connectivity index (χ0n) is 20.6. The fourth-order valence-electron chi connectivity index (χ4n) is 5.37. The molecule has 5 heteroatoms. The van der Waals surface area contributed by atoms with Crippen molar-refractivity contribution in [3.8, 4) is 5.75 Å². The van der Waals surface area contributed by atoms with Crippen LogP contribution >= 0.6 is 0 Å². The molecule has 1 amide bonds. The van der Waals surface area contributed by atoms with Gasteiger partial charge in [0.1, 0.15) is 5.75 Å². The van der Waals surface area contributed by atoms with Crippen LogP contribution in [0.2, 0.25) is 0 Å². The molecule has 2 aromatic rings. The summed E-state index contributed by atoms with van der Waals surface area (Å²) in [7, 11) is 1.70. The van der Waals surface area contributed by atoms with Gasteiger partial charge in [-0.25, -0.2) is 0 Å². The fourth-order valence-corrected chi connectivity index (χ4v) is 5.37. The highest BCUT2D eigenvalue weighted by atomic mass is 16.5. The number of amides is 1. The van der Waals surface area contributed by atoms with Gasteiger partial charge in [-0.2, -0.15) is 0 Å². The molecule has 2 fully saturated rings. The number of rotatable bonds is 7. The lowest BCUT2D eigenvalue weighted by atomic mass is 9.89. The highest BCUT2D eigenvalue weighted by Gasteiger charge is 2.27. The van der Waals surface area contributed by atoms with Crippen molar-refractivity contribution in [3.05, 3.63) is 58.9 Å². The van der Waals surface area contributed by atoms with Gasteiger partial charge in [-0.05, 0) is 100.0 Å². The van der Waals surface area contributed by atoms with Crippen LogP contribution < -0.4 is 4.74 Å². The van der Waals surface area contributed by atoms with Crippen molar-refractivity contribution in [2.45, 2.75) is 58.3 Å². The van der Waals surface area contributed by atoms with Crippen molar-refractivity contribution in [2.75, 3.05) is 39.8 Å². The second-order valence-corrected chi connectivity index (χ2v) is 9.80. The van der Waals surface area contributed by atoms with Crippen molar-refractivity contribution < 1.29 is 9.53 Å². The van der Waals surface area contributed by atoms with Gasteiger partial charge < -0.3 is 14.5 Å². The van der Waals surface area contributed by atoms with Crippen LogP contribution in [-0.2, 0) is 11.2 Å². The van der Waals surface area contributed by atoms with Gasteiger partial charge in [0.25, 0.3) is 0 Å². The molecule has 0 spiro atoms. The zero-order chi connectivity index (χ0) is 23.2. The van der Waals surface area contributed by atoms with Crippen molar-refractivity contribution >= 4 is 5.91 Å². The number of carbonyl (C=O) groups excluding carboxylic acids is 1. The summed E-state index contributed by atoms with van der Waals surface area (Å²) in [6.45, 7) is 9.46. The summed E-state index contributed by atoms with van der Waals surface area (Å²) in [5.74, 6) is 2.26. The quantitative estimate of drug-likeness (QED) is 0.608. The minimum absolute atomic E-state index is 0.362. The number of nitrogens with zero attached hydrogens (tertiary/aromatic N) is 3. The first-order valence-corrected chi connectivity index (χ1v) is 12.6. The number of piperidine rings is 2. The van der Waals surface area contributed by atoms with Gasteiger partial charge in [-0.1, -0.05) is 19.1 Å². The first-order chi connectivity index (χ1) is 16.0. The van der Waals surface area contributed by atoms with Crippen molar-refractivity contribution in [3.63, 3.8) is 0 Å². The summed E-state index contributed by atoms with van der Waals surface area (Å²) < 4.78 is 5.27. The average Bonchev–Trinajstić information content (AvgIpc) is 2.85. The number of ether oxygens (including phenoxy) is 1. The lowest BCUT2D eigenvalue weighted by Gasteiger charge is -2.35. The van der Waals surface area contributed by atoms with Gasteiger partial charge >= 0.3 is 0 Å². The summed E-state index contributed by atoms with van der Waals surface area (Å²) in [5, 5.41) is 0. The number of hydrogen-bond donors (Lipinski definition) is 0. The van der Waals surface area contributed by atoms with Gasteiger partial charge in [0.15, 0.2) is 0 Å². The molecule has 0 N–H and O–H groups in total. The Labute approximate surface area is 199 Å². The molecule has 0 saturated carbocycles. The van der Waals surface area contributed by atoms with E-state index in [4.69, 9.17) is 9.72 Å². The van der Waals surface area contributed by atoms with Crippen LogP contribution in [0.4, 0.5) is 0 Å². The number of pyridine rings is 1. The Hall–Kier alpha value is -2.40. The average molecular weight is 450 g/mol. The van der Waals surface area contributed by atoms with Crippen LogP contribution in [0.15, 0.2) is 36.4 Å². The van der Waals surface area contributed by atoms with Crippen LogP contribution in [0, 0.1) is 12.8 Å². The Balaban J connectivity index is 1.31. The maximum atomic E-state index is 12.9. The van der Waals surface area contributed by atoms with Crippen molar-refractivity contribution in [1.29, 1.82) is 0 Å². The van der Waals surface area contributed by atoms with E-state index in [-0.39, 0.29) is 0 Å². The molecule has 2 saturated heterocycles. The predicted octanol–water partition coefficient (Wildman–Crippen LogP) is 4.82. The molecule has 33 heavy (non-hydrogen) atoms. The smallest absolute Gasteiger partial charge is 0.222 e. The maximum Gasteiger partial charge on any atom is 0.222 e. The Morgan fingerprint density at radius 3 is 2.33 bits per heavy atom. The first kappa shape index (κ1) is 23.7. The largest absolute Gasteiger partial charge is 0.497 e. The number of hydrogen-bond acceptors (Lipinski definition) is 4. The number of likely N-dealkylation sites (tertiary alicyclic amines) is 2. The van der Waals surface area contributed by atoms with Crippen molar-refractivity contribution in [2.24, 2.45) is 5.92 Å². The maximum absolute atomic E-state index is 12.9. The van der Waals surface area contributed by atoms with Crippen molar-refractivity contribution in [1.82, 2.24) is 14.8 Å². The van der Waals surface area contributed by atoms with Crippen LogP contribution in [-0.4, -0.2) is 60.5 Å². The summed E-state index contributed by atoms with van der Waals surface area (Å²) in [5.41, 5.74) is 4.85. The lowest BCUT2D eigenvalue weighted by Crippen LogP contribution is -2.40. The summed E-state index contributed by atoms with van der Waals surface area (Å²) in [6, 6.07) is 12.8. The SMILES string of the molecule is CCN1CCC(CC(=O)N2CCC(c3cc(Cc4ccc(OC)cc4)cc(C)n3)CC2)CC1. The van der Waals surface area contributed by atoms with E-state index in [1.165, 1.54) is 29.7 Å². The molecular weight excluding hydrogens is 410 g/mol. The summed E-state index contributed by atoms with van der Waals surface area (Å²) in [6.07, 6.45) is 5.99. The van der Waals surface area contributed by atoms with Crippen LogP contribution in [0.3, 0.4) is 0 Å². The Morgan fingerprint density at radius 2 is 1.70 bits per heavy atom. The molecule has 4 rings (SSSR count). The minimum Gasteiger partial charge on any atom is -0.497 e. The van der Waals surface area contributed by atoms with E-state index in [2.05, 4.69) is 47.9 Å². The highest BCUT2D eigenvalue weighted by Crippen LogP contribution is 2.30. The Morgan fingerprint density at radius 1 is 1.00 bits per heavy atom.